The van der Waals surface area contributed by atoms with Gasteiger partial charge < -0.3 is 23.8 Å². The Morgan fingerprint density at radius 2 is 1.83 bits per heavy atom. The van der Waals surface area contributed by atoms with E-state index >= 15 is 0 Å². The zero-order valence-corrected chi connectivity index (χ0v) is 17.2. The molecule has 8 heteroatoms. The van der Waals surface area contributed by atoms with Gasteiger partial charge in [-0.25, -0.2) is 9.59 Å². The Balaban J connectivity index is 1.81. The fraction of sp³-hybridized carbons (Fsp3) is 0.364. The van der Waals surface area contributed by atoms with Crippen molar-refractivity contribution in [1.29, 1.82) is 0 Å². The molecule has 160 valence electrons. The van der Waals surface area contributed by atoms with E-state index in [1.807, 2.05) is 24.3 Å². The Morgan fingerprint density at radius 1 is 1.07 bits per heavy atom. The molecule has 0 atom stereocenters. The maximum Gasteiger partial charge on any atom is 0.355 e. The molecule has 2 heterocycles. The zero-order valence-electron chi connectivity index (χ0n) is 17.2. The molecule has 0 spiro atoms. The molecule has 2 aliphatic rings. The summed E-state index contributed by atoms with van der Waals surface area (Å²) >= 11 is 0. The molecular formula is C22H26N2O6. The number of rotatable bonds is 7. The highest BCUT2D eigenvalue weighted by atomic mass is 16.5. The number of carbonyl (C=O) groups excluding carboxylic acids is 2. The van der Waals surface area contributed by atoms with Crippen LogP contribution < -0.4 is 9.64 Å². The first-order valence-electron chi connectivity index (χ1n) is 9.72. The smallest absolute Gasteiger partial charge is 0.355 e. The number of hydrogen-bond acceptors (Lipinski definition) is 8. The minimum absolute atomic E-state index is 0.0693. The van der Waals surface area contributed by atoms with Gasteiger partial charge in [-0.05, 0) is 24.3 Å². The number of anilines is 1. The second kappa shape index (κ2) is 10.6. The number of methoxy groups -OCH3 is 2. The summed E-state index contributed by atoms with van der Waals surface area (Å²) in [6, 6.07) is 7.32. The number of carbonyl (C=O) groups is 2. The highest BCUT2D eigenvalue weighted by Gasteiger charge is 2.27. The summed E-state index contributed by atoms with van der Waals surface area (Å²) in [4.78, 5) is 28.7. The predicted molar refractivity (Wildman–Crippen MR) is 111 cm³/mol. The Kier molecular flexibility index (Phi) is 7.64. The first kappa shape index (κ1) is 21.6. The third-order valence-electron chi connectivity index (χ3n) is 4.76. The van der Waals surface area contributed by atoms with Crippen LogP contribution in [-0.4, -0.2) is 70.5 Å². The molecule has 0 bridgehead atoms. The molecule has 8 nitrogen and oxygen atoms in total. The van der Waals surface area contributed by atoms with E-state index in [0.717, 1.165) is 32.8 Å². The lowest BCUT2D eigenvalue weighted by Crippen LogP contribution is -2.38. The van der Waals surface area contributed by atoms with Crippen molar-refractivity contribution in [3.05, 3.63) is 60.0 Å². The van der Waals surface area contributed by atoms with Gasteiger partial charge in [0, 0.05) is 37.6 Å². The number of ether oxygens (including phenoxy) is 4. The van der Waals surface area contributed by atoms with Crippen molar-refractivity contribution in [2.45, 2.75) is 0 Å². The van der Waals surface area contributed by atoms with Crippen molar-refractivity contribution in [1.82, 2.24) is 4.90 Å². The van der Waals surface area contributed by atoms with Gasteiger partial charge in [0.15, 0.2) is 0 Å². The minimum atomic E-state index is -0.648. The fourth-order valence-electron chi connectivity index (χ4n) is 3.21. The van der Waals surface area contributed by atoms with Crippen molar-refractivity contribution in [3.63, 3.8) is 0 Å². The van der Waals surface area contributed by atoms with E-state index in [0.29, 0.717) is 18.0 Å². The van der Waals surface area contributed by atoms with E-state index in [-0.39, 0.29) is 11.3 Å². The number of esters is 2. The van der Waals surface area contributed by atoms with Crippen LogP contribution in [0.4, 0.5) is 5.69 Å². The van der Waals surface area contributed by atoms with Crippen LogP contribution in [0.25, 0.3) is 0 Å². The monoisotopic (exact) mass is 414 g/mol. The molecule has 30 heavy (non-hydrogen) atoms. The van der Waals surface area contributed by atoms with Gasteiger partial charge in [-0.3, -0.25) is 4.90 Å². The van der Waals surface area contributed by atoms with Gasteiger partial charge in [0.05, 0.1) is 33.0 Å². The van der Waals surface area contributed by atoms with Crippen LogP contribution in [0.1, 0.15) is 0 Å². The van der Waals surface area contributed by atoms with E-state index < -0.39 is 11.9 Å². The maximum absolute atomic E-state index is 12.5. The van der Waals surface area contributed by atoms with Crippen LogP contribution in [-0.2, 0) is 23.8 Å². The third kappa shape index (κ3) is 5.28. The lowest BCUT2D eigenvalue weighted by molar-refractivity contribution is -0.139. The fourth-order valence-corrected chi connectivity index (χ4v) is 3.21. The second-order valence-corrected chi connectivity index (χ2v) is 6.62. The summed E-state index contributed by atoms with van der Waals surface area (Å²) in [5.41, 5.74) is 0.827. The number of allylic oxidation sites excluding steroid dienone is 2. The molecule has 0 aromatic heterocycles. The predicted octanol–water partition coefficient (Wildman–Crippen LogP) is 1.89. The molecule has 0 radical (unpaired) electrons. The van der Waals surface area contributed by atoms with E-state index in [1.165, 1.54) is 20.3 Å². The molecule has 0 saturated carbocycles. The Bertz CT molecular complexity index is 855. The molecule has 3 rings (SSSR count). The summed E-state index contributed by atoms with van der Waals surface area (Å²) in [5.74, 6) is -0.612. The molecule has 1 saturated heterocycles. The van der Waals surface area contributed by atoms with E-state index in [2.05, 4.69) is 4.90 Å². The van der Waals surface area contributed by atoms with Crippen LogP contribution in [0.3, 0.4) is 0 Å². The van der Waals surface area contributed by atoms with Crippen LogP contribution in [0.2, 0.25) is 0 Å². The Labute approximate surface area is 175 Å². The standard InChI is InChI=1S/C22H26N2O6/c1-27-21(25)19-8-3-4-9-24(20(19)22(26)28-2)17-6-5-7-18(16-17)30-15-12-23-10-13-29-14-11-23/h3-9,16H,10-15H2,1-2H3. The summed E-state index contributed by atoms with van der Waals surface area (Å²) in [6.07, 6.45) is 6.60. The lowest BCUT2D eigenvalue weighted by Gasteiger charge is -2.26. The second-order valence-electron chi connectivity index (χ2n) is 6.62. The number of nitrogens with zero attached hydrogens (tertiary/aromatic N) is 2. The SMILES string of the molecule is COC(=O)C1=C(C(=O)OC)N(c2cccc(OCCN3CCOCC3)c2)C=CC=C1. The van der Waals surface area contributed by atoms with Crippen LogP contribution in [0.15, 0.2) is 60.0 Å². The van der Waals surface area contributed by atoms with Crippen LogP contribution in [0.5, 0.6) is 5.75 Å². The van der Waals surface area contributed by atoms with E-state index in [1.54, 1.807) is 23.3 Å². The van der Waals surface area contributed by atoms with Crippen molar-refractivity contribution >= 4 is 17.6 Å². The number of morpholine rings is 1. The normalized spacial score (nSPS) is 16.9. The average molecular weight is 414 g/mol. The minimum Gasteiger partial charge on any atom is -0.492 e. The van der Waals surface area contributed by atoms with Gasteiger partial charge in [-0.2, -0.15) is 0 Å². The van der Waals surface area contributed by atoms with Crippen molar-refractivity contribution < 1.29 is 28.5 Å². The largest absolute Gasteiger partial charge is 0.492 e. The molecule has 0 amide bonds. The van der Waals surface area contributed by atoms with Crippen LogP contribution in [0, 0.1) is 0 Å². The molecule has 2 aliphatic heterocycles. The Hall–Kier alpha value is -3.10. The van der Waals surface area contributed by atoms with Crippen molar-refractivity contribution in [2.24, 2.45) is 0 Å². The summed E-state index contributed by atoms with van der Waals surface area (Å²) in [7, 11) is 2.54. The molecule has 1 fully saturated rings. The molecule has 1 aromatic rings. The summed E-state index contributed by atoms with van der Waals surface area (Å²) in [6.45, 7) is 4.64. The third-order valence-corrected chi connectivity index (χ3v) is 4.76. The van der Waals surface area contributed by atoms with Gasteiger partial charge in [0.2, 0.25) is 0 Å². The zero-order chi connectivity index (χ0) is 21.3. The molecule has 1 aromatic carbocycles. The Morgan fingerprint density at radius 3 is 2.57 bits per heavy atom. The quantitative estimate of drug-likeness (QED) is 0.626. The molecule has 0 aliphatic carbocycles. The van der Waals surface area contributed by atoms with Crippen molar-refractivity contribution in [2.75, 3.05) is 58.6 Å². The molecular weight excluding hydrogens is 388 g/mol. The van der Waals surface area contributed by atoms with Crippen LogP contribution >= 0.6 is 0 Å². The molecule has 0 unspecified atom stereocenters. The van der Waals surface area contributed by atoms with Gasteiger partial charge in [-0.1, -0.05) is 12.1 Å². The van der Waals surface area contributed by atoms with Gasteiger partial charge in [0.1, 0.15) is 18.1 Å². The van der Waals surface area contributed by atoms with Crippen molar-refractivity contribution in [3.8, 4) is 5.75 Å². The first-order chi connectivity index (χ1) is 14.6. The highest BCUT2D eigenvalue weighted by molar-refractivity contribution is 6.05. The van der Waals surface area contributed by atoms with Gasteiger partial charge in [-0.15, -0.1) is 0 Å². The number of benzene rings is 1. The van der Waals surface area contributed by atoms with Gasteiger partial charge in [0.25, 0.3) is 0 Å². The number of hydrogen-bond donors (Lipinski definition) is 0. The first-order valence-corrected chi connectivity index (χ1v) is 9.72. The lowest BCUT2D eigenvalue weighted by atomic mass is 10.1. The average Bonchev–Trinajstić information content (AvgIpc) is 3.02. The van der Waals surface area contributed by atoms with E-state index in [4.69, 9.17) is 18.9 Å². The van der Waals surface area contributed by atoms with E-state index in [9.17, 15) is 9.59 Å². The molecule has 0 N–H and O–H groups in total. The highest BCUT2D eigenvalue weighted by Crippen LogP contribution is 2.29. The topological polar surface area (TPSA) is 77.5 Å². The summed E-state index contributed by atoms with van der Waals surface area (Å²) < 4.78 is 21.0. The summed E-state index contributed by atoms with van der Waals surface area (Å²) in [5, 5.41) is 0. The van der Waals surface area contributed by atoms with Gasteiger partial charge >= 0.3 is 11.9 Å². The maximum atomic E-state index is 12.5.